The second kappa shape index (κ2) is 15.6. The van der Waals surface area contributed by atoms with Crippen molar-refractivity contribution in [2.45, 2.75) is 85.4 Å². The number of allylic oxidation sites excluding steroid dienone is 1. The Balaban J connectivity index is 1.74. The highest BCUT2D eigenvalue weighted by molar-refractivity contribution is 7.44. The van der Waals surface area contributed by atoms with Gasteiger partial charge in [-0.05, 0) is 84.3 Å². The SMILES string of the molecule is COc1cc2c(cc1N=Nc1ncc([N+](=O)[O-])s1)C(C)=CC(C)(C)N2CCCCOP(OCCC#N)N(C(C)C)C(C)C. The van der Waals surface area contributed by atoms with E-state index in [2.05, 4.69) is 85.4 Å². The van der Waals surface area contributed by atoms with Crippen LogP contribution in [0.1, 0.15) is 73.3 Å². The number of nitriles is 1. The van der Waals surface area contributed by atoms with Crippen molar-refractivity contribution in [2.24, 2.45) is 10.2 Å². The largest absolute Gasteiger partial charge is 0.494 e. The van der Waals surface area contributed by atoms with Gasteiger partial charge >= 0.3 is 5.00 Å². The van der Waals surface area contributed by atoms with Gasteiger partial charge in [0.05, 0.1) is 43.3 Å². The zero-order valence-electron chi connectivity index (χ0n) is 26.2. The highest BCUT2D eigenvalue weighted by atomic mass is 32.1. The van der Waals surface area contributed by atoms with Gasteiger partial charge in [-0.25, -0.2) is 9.65 Å². The number of aromatic nitrogens is 1. The minimum atomic E-state index is -1.26. The summed E-state index contributed by atoms with van der Waals surface area (Å²) in [4.78, 5) is 16.8. The summed E-state index contributed by atoms with van der Waals surface area (Å²) in [6.45, 7) is 16.7. The molecule has 0 spiro atoms. The van der Waals surface area contributed by atoms with E-state index in [1.807, 2.05) is 12.1 Å². The Bertz CT molecular complexity index is 1350. The summed E-state index contributed by atoms with van der Waals surface area (Å²) in [5.41, 5.74) is 3.47. The van der Waals surface area contributed by atoms with Crippen LogP contribution >= 0.6 is 19.9 Å². The van der Waals surface area contributed by atoms with Crippen molar-refractivity contribution < 1.29 is 18.7 Å². The highest BCUT2D eigenvalue weighted by Crippen LogP contribution is 2.47. The number of azo groups is 1. The number of nitrogens with zero attached hydrogens (tertiary/aromatic N) is 7. The number of methoxy groups -OCH3 is 1. The zero-order valence-corrected chi connectivity index (χ0v) is 27.9. The van der Waals surface area contributed by atoms with Crippen molar-refractivity contribution in [3.8, 4) is 11.8 Å². The molecular formula is C29H42N7O5PS. The highest BCUT2D eigenvalue weighted by Gasteiger charge is 2.32. The summed E-state index contributed by atoms with van der Waals surface area (Å²) in [5.74, 6) is 0.551. The Labute approximate surface area is 259 Å². The van der Waals surface area contributed by atoms with Gasteiger partial charge in [-0.2, -0.15) is 5.26 Å². The Morgan fingerprint density at radius 3 is 2.49 bits per heavy atom. The Hall–Kier alpha value is -3.01. The van der Waals surface area contributed by atoms with E-state index < -0.39 is 13.4 Å². The first-order chi connectivity index (χ1) is 20.4. The first-order valence-corrected chi connectivity index (χ1v) is 16.3. The Morgan fingerprint density at radius 1 is 1.19 bits per heavy atom. The third-order valence-corrected chi connectivity index (χ3v) is 9.76. The lowest BCUT2D eigenvalue weighted by atomic mass is 9.88. The van der Waals surface area contributed by atoms with Crippen molar-refractivity contribution in [1.82, 2.24) is 9.65 Å². The van der Waals surface area contributed by atoms with Crippen LogP contribution < -0.4 is 9.64 Å². The van der Waals surface area contributed by atoms with E-state index in [4.69, 9.17) is 19.0 Å². The van der Waals surface area contributed by atoms with Crippen molar-refractivity contribution in [2.75, 3.05) is 31.8 Å². The van der Waals surface area contributed by atoms with E-state index in [1.165, 1.54) is 6.20 Å². The molecule has 0 fully saturated rings. The lowest BCUT2D eigenvalue weighted by Gasteiger charge is -2.43. The average molecular weight is 632 g/mol. The van der Waals surface area contributed by atoms with Crippen LogP contribution in [-0.4, -0.2) is 59.1 Å². The Kier molecular flexibility index (Phi) is 12.5. The van der Waals surface area contributed by atoms with E-state index in [1.54, 1.807) is 7.11 Å². The average Bonchev–Trinajstić information content (AvgIpc) is 3.41. The molecule has 14 heteroatoms. The van der Waals surface area contributed by atoms with Gasteiger partial charge in [-0.3, -0.25) is 10.1 Å². The number of ether oxygens (including phenoxy) is 1. The van der Waals surface area contributed by atoms with E-state index in [0.29, 0.717) is 31.1 Å². The van der Waals surface area contributed by atoms with Crippen molar-refractivity contribution in [3.63, 3.8) is 0 Å². The third-order valence-electron chi connectivity index (χ3n) is 6.82. The van der Waals surface area contributed by atoms with Gasteiger partial charge in [0.1, 0.15) is 17.6 Å². The lowest BCUT2D eigenvalue weighted by molar-refractivity contribution is -0.380. The van der Waals surface area contributed by atoms with Crippen LogP contribution in [0.5, 0.6) is 5.75 Å². The molecule has 0 saturated heterocycles. The molecule has 43 heavy (non-hydrogen) atoms. The molecule has 0 bridgehead atoms. The first kappa shape index (κ1) is 34.5. The van der Waals surface area contributed by atoms with E-state index >= 15 is 0 Å². The summed E-state index contributed by atoms with van der Waals surface area (Å²) in [6.07, 6.45) is 5.50. The summed E-state index contributed by atoms with van der Waals surface area (Å²) < 4.78 is 20.2. The molecule has 1 aliphatic heterocycles. The summed E-state index contributed by atoms with van der Waals surface area (Å²) in [7, 11) is 0.326. The van der Waals surface area contributed by atoms with Gasteiger partial charge in [0.2, 0.25) is 5.13 Å². The van der Waals surface area contributed by atoms with Crippen LogP contribution in [0.2, 0.25) is 0 Å². The van der Waals surface area contributed by atoms with Gasteiger partial charge in [0, 0.05) is 35.9 Å². The molecule has 12 nitrogen and oxygen atoms in total. The molecule has 1 aromatic heterocycles. The maximum absolute atomic E-state index is 11.0. The van der Waals surface area contributed by atoms with E-state index in [0.717, 1.165) is 47.5 Å². The monoisotopic (exact) mass is 631 g/mol. The van der Waals surface area contributed by atoms with E-state index in [-0.39, 0.29) is 27.8 Å². The quantitative estimate of drug-likeness (QED) is 0.0586. The normalized spacial score (nSPS) is 15.2. The molecular weight excluding hydrogens is 589 g/mol. The number of hydrogen-bond acceptors (Lipinski definition) is 12. The molecule has 0 N–H and O–H groups in total. The predicted octanol–water partition coefficient (Wildman–Crippen LogP) is 8.55. The molecule has 1 aliphatic rings. The number of fused-ring (bicyclic) bond motifs is 1. The molecule has 234 valence electrons. The van der Waals surface area contributed by atoms with E-state index in [9.17, 15) is 10.1 Å². The molecule has 2 aromatic rings. The van der Waals surface area contributed by atoms with Crippen LogP contribution in [0.4, 0.5) is 21.5 Å². The molecule has 1 aromatic carbocycles. The fourth-order valence-corrected chi connectivity index (χ4v) is 7.24. The van der Waals surface area contributed by atoms with Crippen LogP contribution in [0.25, 0.3) is 5.57 Å². The summed E-state index contributed by atoms with van der Waals surface area (Å²) in [5, 5.41) is 28.5. The molecule has 0 aliphatic carbocycles. The molecule has 3 rings (SSSR count). The first-order valence-electron chi connectivity index (χ1n) is 14.3. The molecule has 1 atom stereocenters. The number of anilines is 1. The number of rotatable bonds is 16. The number of thiazole rings is 1. The zero-order chi connectivity index (χ0) is 31.7. The van der Waals surface area contributed by atoms with Gasteiger partial charge in [0.25, 0.3) is 8.53 Å². The van der Waals surface area contributed by atoms with Gasteiger partial charge < -0.3 is 18.7 Å². The van der Waals surface area contributed by atoms with Crippen molar-refractivity contribution in [1.29, 1.82) is 5.26 Å². The van der Waals surface area contributed by atoms with Crippen molar-refractivity contribution in [3.05, 3.63) is 40.1 Å². The number of nitro groups is 1. The second-order valence-electron chi connectivity index (χ2n) is 11.2. The smallest absolute Gasteiger partial charge is 0.345 e. The number of hydrogen-bond donors (Lipinski definition) is 0. The fourth-order valence-electron chi connectivity index (χ4n) is 5.05. The maximum atomic E-state index is 11.0. The minimum Gasteiger partial charge on any atom is -0.494 e. The molecule has 0 amide bonds. The van der Waals surface area contributed by atoms with Crippen molar-refractivity contribution >= 4 is 46.9 Å². The van der Waals surface area contributed by atoms with Crippen LogP contribution in [0.15, 0.2) is 34.6 Å². The fraction of sp³-hybridized carbons (Fsp3) is 0.586. The number of unbranched alkanes of at least 4 members (excludes halogenated alkanes) is 1. The van der Waals surface area contributed by atoms with Crippen LogP contribution in [0, 0.1) is 21.4 Å². The van der Waals surface area contributed by atoms with Gasteiger partial charge in [-0.1, -0.05) is 6.08 Å². The second-order valence-corrected chi connectivity index (χ2v) is 13.6. The maximum Gasteiger partial charge on any atom is 0.345 e. The lowest BCUT2D eigenvalue weighted by Crippen LogP contribution is -2.45. The molecule has 0 saturated carbocycles. The molecule has 0 radical (unpaired) electrons. The summed E-state index contributed by atoms with van der Waals surface area (Å²) >= 11 is 0.863. The summed E-state index contributed by atoms with van der Waals surface area (Å²) in [6, 6.07) is 6.57. The minimum absolute atomic E-state index is 0.0892. The van der Waals surface area contributed by atoms with Crippen LogP contribution in [-0.2, 0) is 9.05 Å². The molecule has 2 heterocycles. The van der Waals surface area contributed by atoms with Gasteiger partial charge in [0.15, 0.2) is 0 Å². The number of benzene rings is 1. The molecule has 1 unspecified atom stereocenters. The van der Waals surface area contributed by atoms with Gasteiger partial charge in [-0.15, -0.1) is 10.2 Å². The Morgan fingerprint density at radius 2 is 1.88 bits per heavy atom. The third kappa shape index (κ3) is 9.00. The standard InChI is InChI=1S/C29H42N7O5PS/c1-20(2)35(21(3)4)42(41-15-11-12-30)40-14-10-9-13-34-25-17-26(39-8)24(16-23(25)22(5)18-29(34,6)7)32-33-28-31-19-27(43-28)36(37)38/h16-21H,9-11,13-15H2,1-8H3. The van der Waals surface area contributed by atoms with Crippen LogP contribution in [0.3, 0.4) is 0 Å². The topological polar surface area (TPSA) is 139 Å². The predicted molar refractivity (Wildman–Crippen MR) is 171 cm³/mol.